The minimum atomic E-state index is 0.402. The molecule has 0 radical (unpaired) electrons. The zero-order chi connectivity index (χ0) is 14.7. The Balaban J connectivity index is 1.74. The zero-order valence-corrected chi connectivity index (χ0v) is 13.5. The van der Waals surface area contributed by atoms with Crippen molar-refractivity contribution in [2.75, 3.05) is 7.05 Å². The van der Waals surface area contributed by atoms with Crippen LogP contribution in [0.4, 0.5) is 0 Å². The van der Waals surface area contributed by atoms with Crippen molar-refractivity contribution in [2.45, 2.75) is 36.0 Å². The fourth-order valence-corrected chi connectivity index (χ4v) is 3.77. The third-order valence-corrected chi connectivity index (χ3v) is 5.28. The molecule has 0 aliphatic heterocycles. The molecule has 110 valence electrons. The molecule has 3 rings (SSSR count). The van der Waals surface area contributed by atoms with Crippen LogP contribution in [0.15, 0.2) is 35.4 Å². The smallest absolute Gasteiger partial charge is 0.138 e. The highest BCUT2D eigenvalue weighted by Gasteiger charge is 2.20. The number of halogens is 1. The average Bonchev–Trinajstić information content (AvgIpc) is 2.53. The number of benzene rings is 1. The molecule has 0 amide bonds. The van der Waals surface area contributed by atoms with E-state index in [-0.39, 0.29) is 0 Å². The lowest BCUT2D eigenvalue weighted by molar-refractivity contribution is 0.486. The molecule has 0 fully saturated rings. The second-order valence-corrected chi connectivity index (χ2v) is 6.57. The van der Waals surface area contributed by atoms with Crippen LogP contribution in [0.1, 0.15) is 36.0 Å². The lowest BCUT2D eigenvalue weighted by Gasteiger charge is -2.24. The van der Waals surface area contributed by atoms with E-state index >= 15 is 0 Å². The van der Waals surface area contributed by atoms with Gasteiger partial charge in [0.05, 0.1) is 10.8 Å². The quantitative estimate of drug-likeness (QED) is 0.864. The number of fused-ring (bicyclic) bond motifs is 1. The highest BCUT2D eigenvalue weighted by atomic mass is 35.5. The molecule has 21 heavy (non-hydrogen) atoms. The number of nitrogens with zero attached hydrogens (tertiary/aromatic N) is 2. The van der Waals surface area contributed by atoms with Gasteiger partial charge in [0.25, 0.3) is 0 Å². The van der Waals surface area contributed by atoms with Gasteiger partial charge in [-0.1, -0.05) is 23.7 Å². The number of hydrogen-bond donors (Lipinski definition) is 1. The van der Waals surface area contributed by atoms with Gasteiger partial charge in [0.15, 0.2) is 0 Å². The Hall–Kier alpha value is -1.10. The predicted molar refractivity (Wildman–Crippen MR) is 87.8 cm³/mol. The fourth-order valence-electron chi connectivity index (χ4n) is 2.66. The minimum Gasteiger partial charge on any atom is -0.313 e. The Morgan fingerprint density at radius 3 is 3.05 bits per heavy atom. The topological polar surface area (TPSA) is 37.8 Å². The fraction of sp³-hybridized carbons (Fsp3) is 0.375. The Labute approximate surface area is 134 Å². The third kappa shape index (κ3) is 3.39. The number of thioether (sulfide) groups is 1. The van der Waals surface area contributed by atoms with Gasteiger partial charge in [-0.05, 0) is 38.4 Å². The SMILES string of the molecule is CNC1CCCc2nc(CSc3ccccc3Cl)ncc21. The average molecular weight is 320 g/mol. The second-order valence-electron chi connectivity index (χ2n) is 5.14. The van der Waals surface area contributed by atoms with E-state index in [0.29, 0.717) is 6.04 Å². The Morgan fingerprint density at radius 2 is 2.24 bits per heavy atom. The molecule has 1 aromatic heterocycles. The largest absolute Gasteiger partial charge is 0.313 e. The molecule has 0 saturated carbocycles. The van der Waals surface area contributed by atoms with Crippen LogP contribution >= 0.6 is 23.4 Å². The van der Waals surface area contributed by atoms with E-state index in [1.807, 2.05) is 37.5 Å². The summed E-state index contributed by atoms with van der Waals surface area (Å²) in [6.07, 6.45) is 5.40. The highest BCUT2D eigenvalue weighted by Crippen LogP contribution is 2.30. The van der Waals surface area contributed by atoms with Crippen LogP contribution < -0.4 is 5.32 Å². The first-order valence-corrected chi connectivity index (χ1v) is 8.53. The van der Waals surface area contributed by atoms with Crippen molar-refractivity contribution in [3.63, 3.8) is 0 Å². The van der Waals surface area contributed by atoms with Gasteiger partial charge in [-0.2, -0.15) is 0 Å². The molecule has 1 heterocycles. The molecule has 1 aliphatic rings. The van der Waals surface area contributed by atoms with Crippen molar-refractivity contribution < 1.29 is 0 Å². The second kappa shape index (κ2) is 6.77. The summed E-state index contributed by atoms with van der Waals surface area (Å²) in [5, 5.41) is 4.13. The van der Waals surface area contributed by atoms with Gasteiger partial charge in [0.1, 0.15) is 5.82 Å². The highest BCUT2D eigenvalue weighted by molar-refractivity contribution is 7.98. The first kappa shape index (κ1) is 14.8. The number of rotatable bonds is 4. The van der Waals surface area contributed by atoms with E-state index < -0.39 is 0 Å². The lowest BCUT2D eigenvalue weighted by Crippen LogP contribution is -2.23. The number of aryl methyl sites for hydroxylation is 1. The van der Waals surface area contributed by atoms with Gasteiger partial charge in [0, 0.05) is 28.4 Å². The summed E-state index contributed by atoms with van der Waals surface area (Å²) >= 11 is 7.86. The van der Waals surface area contributed by atoms with Crippen molar-refractivity contribution in [1.29, 1.82) is 0 Å². The van der Waals surface area contributed by atoms with Crippen LogP contribution in [0.5, 0.6) is 0 Å². The van der Waals surface area contributed by atoms with Gasteiger partial charge in [-0.3, -0.25) is 0 Å². The number of nitrogens with one attached hydrogen (secondary N) is 1. The van der Waals surface area contributed by atoms with E-state index in [2.05, 4.69) is 10.3 Å². The monoisotopic (exact) mass is 319 g/mol. The summed E-state index contributed by atoms with van der Waals surface area (Å²) < 4.78 is 0. The molecule has 1 unspecified atom stereocenters. The summed E-state index contributed by atoms with van der Waals surface area (Å²) in [6, 6.07) is 8.29. The lowest BCUT2D eigenvalue weighted by atomic mass is 9.92. The molecule has 1 aliphatic carbocycles. The summed E-state index contributed by atoms with van der Waals surface area (Å²) in [7, 11) is 2.00. The van der Waals surface area contributed by atoms with E-state index in [9.17, 15) is 0 Å². The van der Waals surface area contributed by atoms with Gasteiger partial charge >= 0.3 is 0 Å². The summed E-state index contributed by atoms with van der Waals surface area (Å²) in [5.41, 5.74) is 2.46. The Morgan fingerprint density at radius 1 is 1.38 bits per heavy atom. The third-order valence-electron chi connectivity index (χ3n) is 3.77. The van der Waals surface area contributed by atoms with E-state index in [1.54, 1.807) is 11.8 Å². The Kier molecular flexibility index (Phi) is 4.78. The molecule has 0 bridgehead atoms. The van der Waals surface area contributed by atoms with E-state index in [4.69, 9.17) is 16.6 Å². The maximum Gasteiger partial charge on any atom is 0.138 e. The summed E-state index contributed by atoms with van der Waals surface area (Å²) in [6.45, 7) is 0. The van der Waals surface area contributed by atoms with E-state index in [1.165, 1.54) is 24.1 Å². The minimum absolute atomic E-state index is 0.402. The van der Waals surface area contributed by atoms with Crippen LogP contribution in [-0.2, 0) is 12.2 Å². The van der Waals surface area contributed by atoms with Crippen LogP contribution in [0.3, 0.4) is 0 Å². The maximum absolute atomic E-state index is 6.17. The van der Waals surface area contributed by atoms with Crippen LogP contribution in [0, 0.1) is 0 Å². The normalized spacial score (nSPS) is 17.5. The molecular weight excluding hydrogens is 302 g/mol. The number of hydrogen-bond acceptors (Lipinski definition) is 4. The molecule has 1 atom stereocenters. The van der Waals surface area contributed by atoms with Gasteiger partial charge in [-0.15, -0.1) is 11.8 Å². The predicted octanol–water partition coefficient (Wildman–Crippen LogP) is 4.02. The van der Waals surface area contributed by atoms with Crippen molar-refractivity contribution >= 4 is 23.4 Å². The molecule has 0 saturated heterocycles. The first-order chi connectivity index (χ1) is 10.3. The Bertz CT molecular complexity index is 633. The van der Waals surface area contributed by atoms with Crippen molar-refractivity contribution in [3.05, 3.63) is 52.6 Å². The van der Waals surface area contributed by atoms with Crippen LogP contribution in [0.2, 0.25) is 5.02 Å². The number of aromatic nitrogens is 2. The molecule has 1 aromatic carbocycles. The van der Waals surface area contributed by atoms with Crippen molar-refractivity contribution in [3.8, 4) is 0 Å². The molecule has 2 aromatic rings. The molecule has 1 N–H and O–H groups in total. The van der Waals surface area contributed by atoms with E-state index in [0.717, 1.165) is 27.9 Å². The molecular formula is C16H18ClN3S. The van der Waals surface area contributed by atoms with Crippen molar-refractivity contribution in [1.82, 2.24) is 15.3 Å². The molecule has 3 nitrogen and oxygen atoms in total. The first-order valence-electron chi connectivity index (χ1n) is 7.17. The standard InChI is InChI=1S/C16H18ClN3S/c1-18-13-6-4-7-14-11(13)9-19-16(20-14)10-21-15-8-3-2-5-12(15)17/h2-3,5,8-9,13,18H,4,6-7,10H2,1H3. The van der Waals surface area contributed by atoms with Gasteiger partial charge in [0.2, 0.25) is 0 Å². The zero-order valence-electron chi connectivity index (χ0n) is 12.0. The van der Waals surface area contributed by atoms with Crippen LogP contribution in [-0.4, -0.2) is 17.0 Å². The van der Waals surface area contributed by atoms with Gasteiger partial charge < -0.3 is 5.32 Å². The summed E-state index contributed by atoms with van der Waals surface area (Å²) in [5.74, 6) is 1.64. The van der Waals surface area contributed by atoms with Crippen molar-refractivity contribution in [2.24, 2.45) is 0 Å². The van der Waals surface area contributed by atoms with Crippen LogP contribution in [0.25, 0.3) is 0 Å². The maximum atomic E-state index is 6.17. The molecule has 5 heteroatoms. The van der Waals surface area contributed by atoms with Gasteiger partial charge in [-0.25, -0.2) is 9.97 Å². The summed E-state index contributed by atoms with van der Waals surface area (Å²) in [4.78, 5) is 10.3. The molecule has 0 spiro atoms.